The number of hydrogen-bond donors (Lipinski definition) is 2. The molecule has 252 valence electrons. The molecule has 2 unspecified atom stereocenters. The van der Waals surface area contributed by atoms with E-state index in [1.165, 1.54) is 4.68 Å². The third kappa shape index (κ3) is 7.60. The van der Waals surface area contributed by atoms with Crippen molar-refractivity contribution in [2.24, 2.45) is 0 Å². The second-order valence-corrected chi connectivity index (χ2v) is 11.5. The summed E-state index contributed by atoms with van der Waals surface area (Å²) in [5, 5.41) is 14.5. The molecular weight excluding hydrogens is 638 g/mol. The molecule has 0 aliphatic carbocycles. The van der Waals surface area contributed by atoms with E-state index in [1.54, 1.807) is 60.7 Å². The predicted octanol–water partition coefficient (Wildman–Crippen LogP) is 8.43. The van der Waals surface area contributed by atoms with Crippen molar-refractivity contribution in [2.45, 2.75) is 63.3 Å². The van der Waals surface area contributed by atoms with Crippen LogP contribution in [0.2, 0.25) is 0 Å². The highest BCUT2D eigenvalue weighted by Crippen LogP contribution is 2.37. The molecule has 8 nitrogen and oxygen atoms in total. The quantitative estimate of drug-likeness (QED) is 0.144. The highest BCUT2D eigenvalue weighted by Gasteiger charge is 2.37. The topological polar surface area (TPSA) is 97.9 Å². The molecule has 2 saturated heterocycles. The zero-order valence-electron chi connectivity index (χ0n) is 25.6. The van der Waals surface area contributed by atoms with Crippen LogP contribution in [0.5, 0.6) is 0 Å². The Morgan fingerprint density at radius 2 is 1.44 bits per heavy atom. The number of halogens is 6. The Bertz CT molecular complexity index is 1790. The van der Waals surface area contributed by atoms with E-state index < -0.39 is 36.2 Å². The van der Waals surface area contributed by atoms with Gasteiger partial charge in [0.15, 0.2) is 11.9 Å². The fourth-order valence-corrected chi connectivity index (χ4v) is 5.70. The van der Waals surface area contributed by atoms with Gasteiger partial charge in [-0.15, -0.1) is 0 Å². The molecular formula is C34H32F6N6O2. The van der Waals surface area contributed by atoms with Crippen molar-refractivity contribution >= 4 is 11.4 Å². The maximum absolute atomic E-state index is 13.8. The zero-order valence-corrected chi connectivity index (χ0v) is 25.6. The molecule has 2 fully saturated rings. The smallest absolute Gasteiger partial charge is 0.359 e. The van der Waals surface area contributed by atoms with Crippen LogP contribution < -0.4 is 5.32 Å². The molecule has 48 heavy (non-hydrogen) atoms. The molecule has 0 saturated carbocycles. The van der Waals surface area contributed by atoms with Gasteiger partial charge in [-0.05, 0) is 74.9 Å². The van der Waals surface area contributed by atoms with Crippen molar-refractivity contribution in [1.29, 1.82) is 5.41 Å². The number of allylic oxidation sites excluding steroid dienone is 1. The first-order valence-electron chi connectivity index (χ1n) is 15.6. The molecule has 2 aliphatic heterocycles. The average molecular weight is 671 g/mol. The lowest BCUT2D eigenvalue weighted by molar-refractivity contribution is -0.142. The molecule has 5 heterocycles. The fourth-order valence-electron chi connectivity index (χ4n) is 5.70. The Morgan fingerprint density at radius 3 is 2.06 bits per heavy atom. The van der Waals surface area contributed by atoms with E-state index in [-0.39, 0.29) is 22.8 Å². The summed E-state index contributed by atoms with van der Waals surface area (Å²) in [7, 11) is 0. The van der Waals surface area contributed by atoms with Crippen LogP contribution >= 0.6 is 0 Å². The molecule has 1 aromatic carbocycles. The maximum Gasteiger partial charge on any atom is 0.435 e. The van der Waals surface area contributed by atoms with Gasteiger partial charge in [-0.1, -0.05) is 36.4 Å². The summed E-state index contributed by atoms with van der Waals surface area (Å²) >= 11 is 0. The Kier molecular flexibility index (Phi) is 9.65. The number of rotatable bonds is 8. The fraction of sp³-hybridized carbons (Fsp3) is 0.353. The van der Waals surface area contributed by atoms with Crippen molar-refractivity contribution in [3.8, 4) is 33.9 Å². The number of nitrogens with zero attached hydrogens (tertiary/aromatic N) is 4. The SMILES string of the molecule is N=C(/C=C(\NC1CCCCO1)c1cccc(-c2ccccc2-c2cccc(-c3cc(C(F)(F)F)nn3C3CCCCO3)n2)n1)C(F)(F)F. The Labute approximate surface area is 272 Å². The normalized spacial score (nSPS) is 19.2. The number of alkyl halides is 6. The minimum atomic E-state index is -4.86. The molecule has 0 amide bonds. The van der Waals surface area contributed by atoms with E-state index in [9.17, 15) is 26.3 Å². The van der Waals surface area contributed by atoms with Gasteiger partial charge >= 0.3 is 12.4 Å². The second kappa shape index (κ2) is 13.9. The molecule has 2 N–H and O–H groups in total. The summed E-state index contributed by atoms with van der Waals surface area (Å²) in [6.45, 7) is 0.871. The number of aromatic nitrogens is 4. The van der Waals surface area contributed by atoms with Crippen molar-refractivity contribution in [3.63, 3.8) is 0 Å². The van der Waals surface area contributed by atoms with Crippen molar-refractivity contribution in [3.05, 3.63) is 84.2 Å². The maximum atomic E-state index is 13.8. The molecule has 0 spiro atoms. The Hall–Kier alpha value is -4.56. The van der Waals surface area contributed by atoms with Crippen LogP contribution in [0.3, 0.4) is 0 Å². The van der Waals surface area contributed by atoms with Gasteiger partial charge in [-0.2, -0.15) is 31.4 Å². The lowest BCUT2D eigenvalue weighted by atomic mass is 10.00. The van der Waals surface area contributed by atoms with Gasteiger partial charge in [0.05, 0.1) is 34.2 Å². The molecule has 6 rings (SSSR count). The number of benzene rings is 1. The van der Waals surface area contributed by atoms with E-state index in [1.807, 2.05) is 0 Å². The second-order valence-electron chi connectivity index (χ2n) is 11.5. The first kappa shape index (κ1) is 33.3. The third-order valence-corrected chi connectivity index (χ3v) is 8.06. The van der Waals surface area contributed by atoms with Crippen LogP contribution in [-0.4, -0.2) is 51.1 Å². The van der Waals surface area contributed by atoms with Gasteiger partial charge in [-0.3, -0.25) is 5.41 Å². The van der Waals surface area contributed by atoms with Gasteiger partial charge in [-0.25, -0.2) is 14.6 Å². The average Bonchev–Trinajstić information content (AvgIpc) is 3.55. The van der Waals surface area contributed by atoms with Crippen molar-refractivity contribution < 1.29 is 35.8 Å². The molecule has 0 bridgehead atoms. The Morgan fingerprint density at radius 1 is 0.792 bits per heavy atom. The minimum Gasteiger partial charge on any atom is -0.359 e. The first-order valence-corrected chi connectivity index (χ1v) is 15.6. The highest BCUT2D eigenvalue weighted by atomic mass is 19.4. The summed E-state index contributed by atoms with van der Waals surface area (Å²) in [6.07, 6.45) is -5.66. The van der Waals surface area contributed by atoms with E-state index in [2.05, 4.69) is 15.4 Å². The highest BCUT2D eigenvalue weighted by molar-refractivity contribution is 6.02. The molecule has 2 atom stereocenters. The minimum absolute atomic E-state index is 0.0117. The molecule has 2 aliphatic rings. The van der Waals surface area contributed by atoms with Crippen LogP contribution in [-0.2, 0) is 15.7 Å². The van der Waals surface area contributed by atoms with Crippen LogP contribution in [0.1, 0.15) is 56.1 Å². The number of pyridine rings is 2. The summed E-state index contributed by atoms with van der Waals surface area (Å²) in [5.41, 5.74) is 0.0120. The lowest BCUT2D eigenvalue weighted by Crippen LogP contribution is -2.34. The van der Waals surface area contributed by atoms with E-state index >= 15 is 0 Å². The largest absolute Gasteiger partial charge is 0.435 e. The van der Waals surface area contributed by atoms with E-state index in [4.69, 9.17) is 19.9 Å². The van der Waals surface area contributed by atoms with E-state index in [0.29, 0.717) is 54.6 Å². The monoisotopic (exact) mass is 670 g/mol. The standard InChI is InChI=1S/C34H32F6N6O2/c35-33(36,37)29(41)19-27(44-31-15-3-5-17-47-31)25-13-7-11-23(42-25)21-9-1-2-10-22(21)24-12-8-14-26(43-24)28-20-30(34(38,39)40)45-46(28)32-16-4-6-18-48-32/h1-2,7-14,19-20,31-32,41,44H,3-6,15-18H2/b27-19-,41-29?. The summed E-state index contributed by atoms with van der Waals surface area (Å²) < 4.78 is 94.3. The molecule has 3 aromatic heterocycles. The zero-order chi connectivity index (χ0) is 33.9. The van der Waals surface area contributed by atoms with Crippen molar-refractivity contribution in [1.82, 2.24) is 25.1 Å². The number of nitrogens with one attached hydrogen (secondary N) is 2. The first-order chi connectivity index (χ1) is 23.0. The number of hydrogen-bond acceptors (Lipinski definition) is 7. The number of ether oxygens (including phenoxy) is 2. The summed E-state index contributed by atoms with van der Waals surface area (Å²) in [5.74, 6) is 0. The van der Waals surface area contributed by atoms with Crippen LogP contribution in [0.4, 0.5) is 26.3 Å². The van der Waals surface area contributed by atoms with E-state index in [0.717, 1.165) is 31.7 Å². The van der Waals surface area contributed by atoms with Gasteiger partial charge in [0.2, 0.25) is 0 Å². The Balaban J connectivity index is 1.38. The van der Waals surface area contributed by atoms with Crippen LogP contribution in [0.25, 0.3) is 39.6 Å². The van der Waals surface area contributed by atoms with Crippen molar-refractivity contribution in [2.75, 3.05) is 13.2 Å². The van der Waals surface area contributed by atoms with Gasteiger partial charge in [0, 0.05) is 24.3 Å². The third-order valence-electron chi connectivity index (χ3n) is 8.06. The summed E-state index contributed by atoms with van der Waals surface area (Å²) in [4.78, 5) is 9.43. The molecule has 0 radical (unpaired) electrons. The van der Waals surface area contributed by atoms with Crippen LogP contribution in [0.15, 0.2) is 72.8 Å². The summed E-state index contributed by atoms with van der Waals surface area (Å²) in [6, 6.07) is 18.0. The predicted molar refractivity (Wildman–Crippen MR) is 166 cm³/mol. The molecule has 4 aromatic rings. The van der Waals surface area contributed by atoms with Gasteiger partial charge in [0.25, 0.3) is 0 Å². The molecule has 14 heteroatoms. The lowest BCUT2D eigenvalue weighted by Gasteiger charge is -2.26. The van der Waals surface area contributed by atoms with Gasteiger partial charge in [0.1, 0.15) is 11.9 Å². The van der Waals surface area contributed by atoms with Crippen LogP contribution in [0, 0.1) is 5.41 Å². The van der Waals surface area contributed by atoms with Gasteiger partial charge < -0.3 is 14.8 Å².